The Kier molecular flexibility index (Phi) is 3.75. The lowest BCUT2D eigenvalue weighted by atomic mass is 10.2. The largest absolute Gasteiger partial charge is 0.307 e. The second kappa shape index (κ2) is 5.85. The van der Waals surface area contributed by atoms with Gasteiger partial charge in [0.2, 0.25) is 0 Å². The average Bonchev–Trinajstić information content (AvgIpc) is 3.09. The summed E-state index contributed by atoms with van der Waals surface area (Å²) in [5, 5.41) is 2.27. The average molecular weight is 285 g/mol. The van der Waals surface area contributed by atoms with E-state index in [4.69, 9.17) is 0 Å². The molecule has 0 unspecified atom stereocenters. The maximum absolute atomic E-state index is 12.3. The number of thiazole rings is 1. The Morgan fingerprint density at radius 2 is 2.25 bits per heavy atom. The fourth-order valence-corrected chi connectivity index (χ4v) is 2.45. The number of rotatable bonds is 3. The smallest absolute Gasteiger partial charge is 0.141 e. The van der Waals surface area contributed by atoms with E-state index < -0.39 is 6.67 Å². The van der Waals surface area contributed by atoms with Crippen LogP contribution in [0, 0.1) is 11.8 Å². The van der Waals surface area contributed by atoms with Crippen molar-refractivity contribution in [2.24, 2.45) is 0 Å². The molecular weight excluding hydrogens is 273 g/mol. The van der Waals surface area contributed by atoms with Gasteiger partial charge in [-0.1, -0.05) is 12.0 Å². The Hall–Kier alpha value is -2.19. The van der Waals surface area contributed by atoms with Crippen molar-refractivity contribution in [3.8, 4) is 11.8 Å². The zero-order chi connectivity index (χ0) is 13.8. The Bertz CT molecular complexity index is 746. The van der Waals surface area contributed by atoms with Gasteiger partial charge in [-0.25, -0.2) is 14.4 Å². The van der Waals surface area contributed by atoms with Crippen molar-refractivity contribution in [3.05, 3.63) is 52.4 Å². The molecule has 0 spiro atoms. The zero-order valence-corrected chi connectivity index (χ0v) is 11.5. The molecule has 0 aromatic carbocycles. The van der Waals surface area contributed by atoms with Gasteiger partial charge in [-0.05, 0) is 18.1 Å². The number of hydrogen-bond donors (Lipinski definition) is 0. The van der Waals surface area contributed by atoms with E-state index in [0.717, 1.165) is 17.8 Å². The van der Waals surface area contributed by atoms with Crippen LogP contribution in [0.4, 0.5) is 4.39 Å². The molecule has 3 aromatic heterocycles. The minimum absolute atomic E-state index is 0.481. The lowest BCUT2D eigenvalue weighted by Crippen LogP contribution is -1.83. The number of fused-ring (bicyclic) bond motifs is 1. The van der Waals surface area contributed by atoms with Crippen LogP contribution < -0.4 is 0 Å². The summed E-state index contributed by atoms with van der Waals surface area (Å²) in [5.74, 6) is 6.01. The van der Waals surface area contributed by atoms with Crippen molar-refractivity contribution < 1.29 is 4.39 Å². The van der Waals surface area contributed by atoms with Crippen molar-refractivity contribution in [2.45, 2.75) is 19.5 Å². The van der Waals surface area contributed by atoms with Gasteiger partial charge in [0.15, 0.2) is 0 Å². The van der Waals surface area contributed by atoms with Gasteiger partial charge >= 0.3 is 0 Å². The van der Waals surface area contributed by atoms with Crippen LogP contribution in [0.2, 0.25) is 0 Å². The molecule has 0 fully saturated rings. The highest BCUT2D eigenvalue weighted by Gasteiger charge is 2.00. The van der Waals surface area contributed by atoms with E-state index in [2.05, 4.69) is 21.8 Å². The molecule has 0 aliphatic rings. The van der Waals surface area contributed by atoms with Crippen LogP contribution in [0.25, 0.3) is 5.65 Å². The van der Waals surface area contributed by atoms with E-state index in [-0.39, 0.29) is 0 Å². The minimum atomic E-state index is -0.520. The van der Waals surface area contributed by atoms with Gasteiger partial charge in [0.05, 0.1) is 5.69 Å². The molecule has 3 nitrogen and oxygen atoms in total. The number of aromatic nitrogens is 3. The first kappa shape index (κ1) is 12.8. The van der Waals surface area contributed by atoms with Crippen molar-refractivity contribution in [1.29, 1.82) is 0 Å². The first-order valence-corrected chi connectivity index (χ1v) is 7.15. The van der Waals surface area contributed by atoms with Crippen LogP contribution in [0.15, 0.2) is 36.0 Å². The third kappa shape index (κ3) is 2.86. The first-order valence-electron chi connectivity index (χ1n) is 6.27. The Balaban J connectivity index is 1.62. The topological polar surface area (TPSA) is 30.2 Å². The molecule has 5 heteroatoms. The molecule has 0 aliphatic heterocycles. The Morgan fingerprint density at radius 1 is 1.30 bits per heavy atom. The molecule has 0 saturated carbocycles. The highest BCUT2D eigenvalue weighted by molar-refractivity contribution is 7.09. The normalized spacial score (nSPS) is 10.4. The van der Waals surface area contributed by atoms with E-state index in [1.165, 1.54) is 11.3 Å². The lowest BCUT2D eigenvalue weighted by molar-refractivity contribution is 0.483. The molecule has 0 amide bonds. The van der Waals surface area contributed by atoms with Crippen LogP contribution in [-0.2, 0) is 13.1 Å². The summed E-state index contributed by atoms with van der Waals surface area (Å²) < 4.78 is 14.3. The molecule has 0 bridgehead atoms. The molecule has 0 atom stereocenters. The minimum Gasteiger partial charge on any atom is -0.307 e. The number of aryl methyl sites for hydroxylation is 1. The van der Waals surface area contributed by atoms with Gasteiger partial charge in [-0.2, -0.15) is 0 Å². The zero-order valence-electron chi connectivity index (χ0n) is 10.7. The summed E-state index contributed by atoms with van der Waals surface area (Å²) >= 11 is 1.30. The number of hydrogen-bond acceptors (Lipinski definition) is 3. The van der Waals surface area contributed by atoms with Gasteiger partial charge in [-0.15, -0.1) is 11.3 Å². The fourth-order valence-electron chi connectivity index (χ4n) is 1.88. The SMILES string of the molecule is FCc1nc(C#CCCc2cn3ccccc3n2)cs1. The molecule has 100 valence electrons. The molecular formula is C15H12FN3S. The molecule has 0 aliphatic carbocycles. The van der Waals surface area contributed by atoms with Crippen molar-refractivity contribution >= 4 is 17.0 Å². The first-order chi connectivity index (χ1) is 9.85. The monoisotopic (exact) mass is 285 g/mol. The van der Waals surface area contributed by atoms with Gasteiger partial charge in [-0.3, -0.25) is 0 Å². The van der Waals surface area contributed by atoms with Crippen molar-refractivity contribution in [3.63, 3.8) is 0 Å². The molecule has 20 heavy (non-hydrogen) atoms. The number of halogens is 1. The molecule has 0 radical (unpaired) electrons. The third-order valence-corrected chi connectivity index (χ3v) is 3.62. The lowest BCUT2D eigenvalue weighted by Gasteiger charge is -1.87. The molecule has 3 heterocycles. The third-order valence-electron chi connectivity index (χ3n) is 2.80. The fraction of sp³-hybridized carbons (Fsp3) is 0.200. The number of alkyl halides is 1. The van der Waals surface area contributed by atoms with Crippen LogP contribution in [-0.4, -0.2) is 14.4 Å². The second-order valence-electron chi connectivity index (χ2n) is 4.26. The molecule has 3 rings (SSSR count). The van der Waals surface area contributed by atoms with E-state index in [1.807, 2.05) is 35.0 Å². The predicted octanol–water partition coefficient (Wildman–Crippen LogP) is 3.24. The van der Waals surface area contributed by atoms with Gasteiger partial charge in [0, 0.05) is 30.6 Å². The quantitative estimate of drug-likeness (QED) is 0.692. The number of pyridine rings is 1. The van der Waals surface area contributed by atoms with Crippen LogP contribution in [0.1, 0.15) is 22.8 Å². The summed E-state index contributed by atoms with van der Waals surface area (Å²) in [5.41, 5.74) is 2.62. The maximum atomic E-state index is 12.3. The highest BCUT2D eigenvalue weighted by atomic mass is 32.1. The van der Waals surface area contributed by atoms with Gasteiger partial charge in [0.25, 0.3) is 0 Å². The van der Waals surface area contributed by atoms with E-state index in [1.54, 1.807) is 5.38 Å². The van der Waals surface area contributed by atoms with Crippen LogP contribution in [0.3, 0.4) is 0 Å². The van der Waals surface area contributed by atoms with E-state index >= 15 is 0 Å². The van der Waals surface area contributed by atoms with Gasteiger partial charge < -0.3 is 4.40 Å². The maximum Gasteiger partial charge on any atom is 0.141 e. The second-order valence-corrected chi connectivity index (χ2v) is 5.20. The Morgan fingerprint density at radius 3 is 3.05 bits per heavy atom. The molecule has 3 aromatic rings. The van der Waals surface area contributed by atoms with Crippen molar-refractivity contribution in [1.82, 2.24) is 14.4 Å². The van der Waals surface area contributed by atoms with E-state index in [9.17, 15) is 4.39 Å². The van der Waals surface area contributed by atoms with Crippen LogP contribution >= 0.6 is 11.3 Å². The standard InChI is InChI=1S/C15H12FN3S/c16-9-15-18-13(11-20-15)6-2-1-5-12-10-19-8-4-3-7-14(19)17-12/h3-4,7-8,10-11H,1,5,9H2. The summed E-state index contributed by atoms with van der Waals surface area (Å²) in [6, 6.07) is 5.92. The summed E-state index contributed by atoms with van der Waals surface area (Å²) in [4.78, 5) is 8.56. The van der Waals surface area contributed by atoms with E-state index in [0.29, 0.717) is 17.1 Å². The predicted molar refractivity (Wildman–Crippen MR) is 77.3 cm³/mol. The Labute approximate surface area is 120 Å². The highest BCUT2D eigenvalue weighted by Crippen LogP contribution is 2.10. The number of nitrogens with zero attached hydrogens (tertiary/aromatic N) is 3. The summed E-state index contributed by atoms with van der Waals surface area (Å²) in [6.07, 6.45) is 5.51. The summed E-state index contributed by atoms with van der Waals surface area (Å²) in [7, 11) is 0. The number of imidazole rings is 1. The summed E-state index contributed by atoms with van der Waals surface area (Å²) in [6.45, 7) is -0.520. The molecule has 0 N–H and O–H groups in total. The van der Waals surface area contributed by atoms with Gasteiger partial charge in [0.1, 0.15) is 23.0 Å². The van der Waals surface area contributed by atoms with Crippen LogP contribution in [0.5, 0.6) is 0 Å². The molecule has 0 saturated heterocycles. The van der Waals surface area contributed by atoms with Crippen molar-refractivity contribution in [2.75, 3.05) is 0 Å².